The number of nitrogens with zero attached hydrogens (tertiary/aromatic N) is 3. The molecular weight excluding hydrogens is 338 g/mol. The molecule has 3 rings (SSSR count). The van der Waals surface area contributed by atoms with E-state index >= 15 is 0 Å². The fourth-order valence-corrected chi connectivity index (χ4v) is 2.60. The third kappa shape index (κ3) is 3.46. The van der Waals surface area contributed by atoms with Gasteiger partial charge in [0.1, 0.15) is 11.6 Å². The summed E-state index contributed by atoms with van der Waals surface area (Å²) in [5.74, 6) is -1.09. The molecule has 1 N–H and O–H groups in total. The van der Waals surface area contributed by atoms with Gasteiger partial charge >= 0.3 is 0 Å². The van der Waals surface area contributed by atoms with E-state index in [1.54, 1.807) is 45.0 Å². The van der Waals surface area contributed by atoms with Crippen molar-refractivity contribution in [2.24, 2.45) is 0 Å². The van der Waals surface area contributed by atoms with Crippen LogP contribution in [0.3, 0.4) is 0 Å². The van der Waals surface area contributed by atoms with E-state index in [-0.39, 0.29) is 23.4 Å². The Morgan fingerprint density at radius 3 is 2.46 bits per heavy atom. The molecule has 26 heavy (non-hydrogen) atoms. The van der Waals surface area contributed by atoms with Crippen LogP contribution in [0.5, 0.6) is 0 Å². The Balaban J connectivity index is 1.81. The van der Waals surface area contributed by atoms with Crippen molar-refractivity contribution in [3.05, 3.63) is 76.6 Å². The van der Waals surface area contributed by atoms with Gasteiger partial charge in [-0.15, -0.1) is 5.10 Å². The largest absolute Gasteiger partial charge is 0.344 e. The van der Waals surface area contributed by atoms with Crippen molar-refractivity contribution in [1.82, 2.24) is 20.3 Å². The van der Waals surface area contributed by atoms with Crippen molar-refractivity contribution in [3.63, 3.8) is 0 Å². The predicted octanol–water partition coefficient (Wildman–Crippen LogP) is 3.65. The molecule has 0 spiro atoms. The molecule has 1 atom stereocenters. The number of amides is 1. The standard InChI is InChI=1S/C19H18F2N4O/c1-11-4-9-16(10-17(11)21)25-13(3)18(23-24-25)19(26)22-12(2)14-5-7-15(20)8-6-14/h4-10,12H,1-3H3,(H,22,26). The molecule has 0 fully saturated rings. The predicted molar refractivity (Wildman–Crippen MR) is 93.1 cm³/mol. The maximum absolute atomic E-state index is 13.8. The Morgan fingerprint density at radius 1 is 1.12 bits per heavy atom. The smallest absolute Gasteiger partial charge is 0.274 e. The van der Waals surface area contributed by atoms with Crippen LogP contribution in [-0.4, -0.2) is 20.9 Å². The molecule has 2 aromatic carbocycles. The van der Waals surface area contributed by atoms with Crippen molar-refractivity contribution in [3.8, 4) is 5.69 Å². The number of halogens is 2. The minimum Gasteiger partial charge on any atom is -0.344 e. The zero-order chi connectivity index (χ0) is 18.8. The summed E-state index contributed by atoms with van der Waals surface area (Å²) in [4.78, 5) is 12.5. The van der Waals surface area contributed by atoms with Crippen molar-refractivity contribution in [2.75, 3.05) is 0 Å². The third-order valence-electron chi connectivity index (χ3n) is 4.23. The number of benzene rings is 2. The van der Waals surface area contributed by atoms with Gasteiger partial charge in [-0.3, -0.25) is 4.79 Å². The van der Waals surface area contributed by atoms with Crippen molar-refractivity contribution in [2.45, 2.75) is 26.8 Å². The Morgan fingerprint density at radius 2 is 1.81 bits per heavy atom. The van der Waals surface area contributed by atoms with Crippen molar-refractivity contribution < 1.29 is 13.6 Å². The third-order valence-corrected chi connectivity index (χ3v) is 4.23. The van der Waals surface area contributed by atoms with Gasteiger partial charge in [0.25, 0.3) is 5.91 Å². The molecule has 1 amide bonds. The van der Waals surface area contributed by atoms with Crippen LogP contribution >= 0.6 is 0 Å². The number of nitrogens with one attached hydrogen (secondary N) is 1. The van der Waals surface area contributed by atoms with Gasteiger partial charge in [0.15, 0.2) is 5.69 Å². The number of carbonyl (C=O) groups excluding carboxylic acids is 1. The zero-order valence-corrected chi connectivity index (χ0v) is 14.6. The monoisotopic (exact) mass is 356 g/mol. The van der Waals surface area contributed by atoms with E-state index in [0.29, 0.717) is 16.9 Å². The molecule has 0 saturated heterocycles. The maximum Gasteiger partial charge on any atom is 0.274 e. The van der Waals surface area contributed by atoms with Crippen LogP contribution in [0.25, 0.3) is 5.69 Å². The maximum atomic E-state index is 13.8. The van der Waals surface area contributed by atoms with Crippen LogP contribution in [0.1, 0.15) is 40.3 Å². The topological polar surface area (TPSA) is 59.8 Å². The number of carbonyl (C=O) groups is 1. The fourth-order valence-electron chi connectivity index (χ4n) is 2.60. The quantitative estimate of drug-likeness (QED) is 0.776. The average molecular weight is 356 g/mol. The van der Waals surface area contributed by atoms with Gasteiger partial charge in [-0.1, -0.05) is 23.4 Å². The molecule has 0 aliphatic carbocycles. The van der Waals surface area contributed by atoms with E-state index in [1.807, 2.05) is 0 Å². The lowest BCUT2D eigenvalue weighted by Gasteiger charge is -2.13. The molecule has 1 heterocycles. The van der Waals surface area contributed by atoms with E-state index in [4.69, 9.17) is 0 Å². The van der Waals surface area contributed by atoms with Crippen LogP contribution in [0, 0.1) is 25.5 Å². The minimum atomic E-state index is -0.404. The number of hydrogen-bond donors (Lipinski definition) is 1. The average Bonchev–Trinajstić information content (AvgIpc) is 2.99. The Bertz CT molecular complexity index is 951. The van der Waals surface area contributed by atoms with E-state index < -0.39 is 5.91 Å². The molecule has 3 aromatic rings. The second-order valence-electron chi connectivity index (χ2n) is 6.12. The SMILES string of the molecule is Cc1ccc(-n2nnc(C(=O)NC(C)c3ccc(F)cc3)c2C)cc1F. The lowest BCUT2D eigenvalue weighted by atomic mass is 10.1. The molecule has 0 radical (unpaired) electrons. The highest BCUT2D eigenvalue weighted by atomic mass is 19.1. The lowest BCUT2D eigenvalue weighted by Crippen LogP contribution is -2.27. The van der Waals surface area contributed by atoms with Gasteiger partial charge in [0, 0.05) is 0 Å². The van der Waals surface area contributed by atoms with Gasteiger partial charge < -0.3 is 5.32 Å². The number of aryl methyl sites for hydroxylation is 1. The summed E-state index contributed by atoms with van der Waals surface area (Å²) in [5, 5.41) is 10.7. The van der Waals surface area contributed by atoms with Gasteiger partial charge in [-0.2, -0.15) is 0 Å². The summed E-state index contributed by atoms with van der Waals surface area (Å²) < 4.78 is 28.2. The van der Waals surface area contributed by atoms with E-state index in [1.165, 1.54) is 22.9 Å². The Labute approximate surface area is 149 Å². The molecule has 1 aromatic heterocycles. The molecule has 0 saturated carbocycles. The minimum absolute atomic E-state index is 0.153. The first kappa shape index (κ1) is 17.7. The molecule has 5 nitrogen and oxygen atoms in total. The van der Waals surface area contributed by atoms with Gasteiger partial charge in [0.05, 0.1) is 17.4 Å². The van der Waals surface area contributed by atoms with Crippen molar-refractivity contribution >= 4 is 5.91 Å². The van der Waals surface area contributed by atoms with Crippen LogP contribution in [0.4, 0.5) is 8.78 Å². The fraction of sp³-hybridized carbons (Fsp3) is 0.211. The second-order valence-corrected chi connectivity index (χ2v) is 6.12. The highest BCUT2D eigenvalue weighted by Gasteiger charge is 2.20. The summed E-state index contributed by atoms with van der Waals surface area (Å²) in [6.45, 7) is 5.15. The first-order valence-corrected chi connectivity index (χ1v) is 8.12. The zero-order valence-electron chi connectivity index (χ0n) is 14.6. The molecule has 134 valence electrons. The van der Waals surface area contributed by atoms with Crippen LogP contribution < -0.4 is 5.32 Å². The van der Waals surface area contributed by atoms with Gasteiger partial charge in [-0.05, 0) is 56.2 Å². The number of aromatic nitrogens is 3. The summed E-state index contributed by atoms with van der Waals surface area (Å²) in [6.07, 6.45) is 0. The first-order chi connectivity index (χ1) is 12.4. The first-order valence-electron chi connectivity index (χ1n) is 8.12. The van der Waals surface area contributed by atoms with E-state index in [0.717, 1.165) is 5.56 Å². The van der Waals surface area contributed by atoms with Crippen LogP contribution in [0.2, 0.25) is 0 Å². The van der Waals surface area contributed by atoms with Crippen LogP contribution in [0.15, 0.2) is 42.5 Å². The van der Waals surface area contributed by atoms with Crippen molar-refractivity contribution in [1.29, 1.82) is 0 Å². The number of rotatable bonds is 4. The van der Waals surface area contributed by atoms with E-state index in [2.05, 4.69) is 15.6 Å². The summed E-state index contributed by atoms with van der Waals surface area (Å²) in [6, 6.07) is 10.3. The summed E-state index contributed by atoms with van der Waals surface area (Å²) in [7, 11) is 0. The lowest BCUT2D eigenvalue weighted by molar-refractivity contribution is 0.0934. The second kappa shape index (κ2) is 7.03. The number of hydrogen-bond acceptors (Lipinski definition) is 3. The molecule has 0 aliphatic rings. The molecule has 7 heteroatoms. The summed E-state index contributed by atoms with van der Waals surface area (Å²) in [5.41, 5.74) is 2.43. The highest BCUT2D eigenvalue weighted by Crippen LogP contribution is 2.17. The molecule has 0 aliphatic heterocycles. The normalized spacial score (nSPS) is 12.0. The Hall–Kier alpha value is -3.09. The van der Waals surface area contributed by atoms with Crippen LogP contribution in [-0.2, 0) is 0 Å². The van der Waals surface area contributed by atoms with E-state index in [9.17, 15) is 13.6 Å². The molecule has 1 unspecified atom stereocenters. The van der Waals surface area contributed by atoms with Gasteiger partial charge in [-0.25, -0.2) is 13.5 Å². The molecular formula is C19H18F2N4O. The highest BCUT2D eigenvalue weighted by molar-refractivity contribution is 5.93. The Kier molecular flexibility index (Phi) is 4.79. The summed E-state index contributed by atoms with van der Waals surface area (Å²) >= 11 is 0. The van der Waals surface area contributed by atoms with Gasteiger partial charge in [0.2, 0.25) is 0 Å². The molecule has 0 bridgehead atoms.